The predicted octanol–water partition coefficient (Wildman–Crippen LogP) is 3.29. The van der Waals surface area contributed by atoms with Gasteiger partial charge in [0.05, 0.1) is 18.6 Å². The summed E-state index contributed by atoms with van der Waals surface area (Å²) >= 11 is 0. The summed E-state index contributed by atoms with van der Waals surface area (Å²) < 4.78 is 5.14. The Morgan fingerprint density at radius 2 is 1.90 bits per heavy atom. The topological polar surface area (TPSA) is 52.4 Å². The first-order valence-corrected chi connectivity index (χ1v) is 6.80. The lowest BCUT2D eigenvalue weighted by Gasteiger charge is -2.35. The fraction of sp³-hybridized carbons (Fsp3) is 0.500. The van der Waals surface area contributed by atoms with Crippen molar-refractivity contribution < 1.29 is 9.66 Å². The Labute approximate surface area is 119 Å². The fourth-order valence-electron chi connectivity index (χ4n) is 2.23. The maximum Gasteiger partial charge on any atom is 0.217 e. The molecule has 1 heterocycles. The Morgan fingerprint density at radius 3 is 2.30 bits per heavy atom. The molecule has 20 heavy (non-hydrogen) atoms. The van der Waals surface area contributed by atoms with Crippen LogP contribution in [-0.2, 0) is 10.2 Å². The molecule has 0 aromatic heterocycles. The highest BCUT2D eigenvalue weighted by atomic mass is 16.6. The predicted molar refractivity (Wildman–Crippen MR) is 79.3 cm³/mol. The normalized spacial score (nSPS) is 17.9. The van der Waals surface area contributed by atoms with Crippen LogP contribution in [0.4, 0.5) is 0 Å². The molecule has 1 saturated heterocycles. The lowest BCUT2D eigenvalue weighted by Crippen LogP contribution is -2.46. The highest BCUT2D eigenvalue weighted by Gasteiger charge is 2.41. The van der Waals surface area contributed by atoms with E-state index in [0.717, 1.165) is 5.56 Å². The van der Waals surface area contributed by atoms with Crippen LogP contribution >= 0.6 is 0 Å². The van der Waals surface area contributed by atoms with E-state index in [0.29, 0.717) is 13.2 Å². The van der Waals surface area contributed by atoms with Gasteiger partial charge in [0.2, 0.25) is 6.54 Å². The molecule has 1 aliphatic rings. The van der Waals surface area contributed by atoms with Crippen molar-refractivity contribution in [3.05, 3.63) is 51.6 Å². The average Bonchev–Trinajstić information content (AvgIpc) is 2.31. The van der Waals surface area contributed by atoms with Crippen LogP contribution in [-0.4, -0.2) is 24.7 Å². The summed E-state index contributed by atoms with van der Waals surface area (Å²) in [5.41, 5.74) is 2.05. The summed E-state index contributed by atoms with van der Waals surface area (Å²) in [7, 11) is 0. The van der Waals surface area contributed by atoms with Crippen LogP contribution in [0.5, 0.6) is 0 Å². The van der Waals surface area contributed by atoms with Crippen LogP contribution in [0.2, 0.25) is 0 Å². The summed E-state index contributed by atoms with van der Waals surface area (Å²) in [5, 5.41) is 10.7. The lowest BCUT2D eigenvalue weighted by atomic mass is 9.84. The highest BCUT2D eigenvalue weighted by Crippen LogP contribution is 2.30. The molecule has 0 N–H and O–H groups in total. The van der Waals surface area contributed by atoms with Gasteiger partial charge in [-0.15, -0.1) is 0 Å². The largest absolute Gasteiger partial charge is 0.379 e. The average molecular weight is 275 g/mol. The van der Waals surface area contributed by atoms with Crippen molar-refractivity contribution in [3.63, 3.8) is 0 Å². The van der Waals surface area contributed by atoms with Gasteiger partial charge in [0, 0.05) is 4.92 Å². The summed E-state index contributed by atoms with van der Waals surface area (Å²) in [6, 6.07) is 8.32. The zero-order valence-electron chi connectivity index (χ0n) is 12.3. The molecule has 0 bridgehead atoms. The number of ether oxygens (including phenoxy) is 1. The van der Waals surface area contributed by atoms with Gasteiger partial charge in [-0.2, -0.15) is 0 Å². The number of nitrogens with zero attached hydrogens (tertiary/aromatic N) is 1. The molecular formula is C16H21NO3. The first-order valence-electron chi connectivity index (χ1n) is 6.80. The van der Waals surface area contributed by atoms with Crippen molar-refractivity contribution in [2.24, 2.45) is 5.41 Å². The van der Waals surface area contributed by atoms with E-state index in [-0.39, 0.29) is 16.9 Å². The van der Waals surface area contributed by atoms with E-state index in [1.165, 1.54) is 5.56 Å². The van der Waals surface area contributed by atoms with Gasteiger partial charge in [-0.25, -0.2) is 0 Å². The molecule has 0 aliphatic carbocycles. The van der Waals surface area contributed by atoms with Gasteiger partial charge in [-0.3, -0.25) is 10.1 Å². The molecule has 1 aromatic carbocycles. The second-order valence-corrected chi connectivity index (χ2v) is 6.55. The number of nitro groups is 1. The van der Waals surface area contributed by atoms with E-state index >= 15 is 0 Å². The monoisotopic (exact) mass is 275 g/mol. The number of hydrogen-bond acceptors (Lipinski definition) is 3. The lowest BCUT2D eigenvalue weighted by molar-refractivity contribution is -0.503. The van der Waals surface area contributed by atoms with Gasteiger partial charge in [0.15, 0.2) is 0 Å². The zero-order valence-corrected chi connectivity index (χ0v) is 12.3. The zero-order chi connectivity index (χ0) is 14.8. The Morgan fingerprint density at radius 1 is 1.30 bits per heavy atom. The van der Waals surface area contributed by atoms with Crippen molar-refractivity contribution in [3.8, 4) is 0 Å². The van der Waals surface area contributed by atoms with Crippen molar-refractivity contribution in [2.75, 3.05) is 19.8 Å². The van der Waals surface area contributed by atoms with Gasteiger partial charge in [-0.1, -0.05) is 57.2 Å². The standard InChI is InChI=1S/C16H21NO3/c1-15(2,3)14-6-4-13(5-7-14)8-9-16(10-17(18)19)11-20-12-16/h4-9H,10-12H2,1-3H3. The van der Waals surface area contributed by atoms with Gasteiger partial charge < -0.3 is 4.74 Å². The Kier molecular flexibility index (Phi) is 3.95. The van der Waals surface area contributed by atoms with Crippen molar-refractivity contribution in [1.82, 2.24) is 0 Å². The maximum absolute atomic E-state index is 10.7. The summed E-state index contributed by atoms with van der Waals surface area (Å²) in [6.45, 7) is 7.33. The van der Waals surface area contributed by atoms with Crippen molar-refractivity contribution in [1.29, 1.82) is 0 Å². The van der Waals surface area contributed by atoms with Gasteiger partial charge in [-0.05, 0) is 16.5 Å². The quantitative estimate of drug-likeness (QED) is 0.626. The molecule has 0 atom stereocenters. The van der Waals surface area contributed by atoms with Crippen LogP contribution < -0.4 is 0 Å². The molecule has 2 rings (SSSR count). The van der Waals surface area contributed by atoms with Gasteiger partial charge >= 0.3 is 0 Å². The minimum atomic E-state index is -0.424. The maximum atomic E-state index is 10.7. The molecule has 1 aromatic rings. The van der Waals surface area contributed by atoms with Gasteiger partial charge in [0.1, 0.15) is 0 Å². The fourth-order valence-corrected chi connectivity index (χ4v) is 2.23. The molecule has 1 fully saturated rings. The van der Waals surface area contributed by atoms with Crippen LogP contribution in [0.3, 0.4) is 0 Å². The molecule has 1 aliphatic heterocycles. The number of benzene rings is 1. The summed E-state index contributed by atoms with van der Waals surface area (Å²) in [5.74, 6) is 0. The molecular weight excluding hydrogens is 254 g/mol. The molecule has 0 unspecified atom stereocenters. The minimum Gasteiger partial charge on any atom is -0.379 e. The smallest absolute Gasteiger partial charge is 0.217 e. The molecule has 0 amide bonds. The second kappa shape index (κ2) is 5.37. The van der Waals surface area contributed by atoms with Gasteiger partial charge in [0.25, 0.3) is 0 Å². The van der Waals surface area contributed by atoms with Crippen molar-refractivity contribution >= 4 is 6.08 Å². The Bertz CT molecular complexity index is 508. The third kappa shape index (κ3) is 3.45. The van der Waals surface area contributed by atoms with Crippen molar-refractivity contribution in [2.45, 2.75) is 26.2 Å². The Balaban J connectivity index is 2.09. The first-order chi connectivity index (χ1) is 9.31. The minimum absolute atomic E-state index is 0.0659. The number of rotatable bonds is 4. The van der Waals surface area contributed by atoms with E-state index in [9.17, 15) is 10.1 Å². The third-order valence-corrected chi connectivity index (χ3v) is 3.63. The second-order valence-electron chi connectivity index (χ2n) is 6.55. The highest BCUT2D eigenvalue weighted by molar-refractivity contribution is 5.51. The van der Waals surface area contributed by atoms with E-state index in [1.54, 1.807) is 0 Å². The number of hydrogen-bond donors (Lipinski definition) is 0. The molecule has 4 nitrogen and oxygen atoms in total. The van der Waals surface area contributed by atoms with E-state index < -0.39 is 5.41 Å². The third-order valence-electron chi connectivity index (χ3n) is 3.63. The first kappa shape index (κ1) is 14.7. The Hall–Kier alpha value is -1.68. The molecule has 4 heteroatoms. The molecule has 108 valence electrons. The van der Waals surface area contributed by atoms with E-state index in [1.807, 2.05) is 12.2 Å². The van der Waals surface area contributed by atoms with Crippen LogP contribution in [0.25, 0.3) is 6.08 Å². The van der Waals surface area contributed by atoms with E-state index in [2.05, 4.69) is 45.0 Å². The molecule has 0 radical (unpaired) electrons. The summed E-state index contributed by atoms with van der Waals surface area (Å²) in [6.07, 6.45) is 3.88. The van der Waals surface area contributed by atoms with Crippen LogP contribution in [0.15, 0.2) is 30.3 Å². The van der Waals surface area contributed by atoms with Crippen LogP contribution in [0.1, 0.15) is 31.9 Å². The van der Waals surface area contributed by atoms with E-state index in [4.69, 9.17) is 4.74 Å². The molecule has 0 saturated carbocycles. The van der Waals surface area contributed by atoms with Crippen LogP contribution in [0, 0.1) is 15.5 Å². The molecule has 0 spiro atoms. The summed E-state index contributed by atoms with van der Waals surface area (Å²) in [4.78, 5) is 10.4. The SMILES string of the molecule is CC(C)(C)c1ccc(C=CC2(C[N+](=O)[O-])COC2)cc1.